The van der Waals surface area contributed by atoms with Crippen LogP contribution in [0.5, 0.6) is 0 Å². The smallest absolute Gasteiger partial charge is 0.395 e. The highest BCUT2D eigenvalue weighted by atomic mass is 35.5. The van der Waals surface area contributed by atoms with Gasteiger partial charge in [0.25, 0.3) is 0 Å². The summed E-state index contributed by atoms with van der Waals surface area (Å²) in [4.78, 5) is 12.5. The normalized spacial score (nSPS) is 20.8. The summed E-state index contributed by atoms with van der Waals surface area (Å²) >= 11 is 12.2. The van der Waals surface area contributed by atoms with Crippen molar-refractivity contribution >= 4 is 35.0 Å². The van der Waals surface area contributed by atoms with Gasteiger partial charge in [0.2, 0.25) is 5.95 Å². The van der Waals surface area contributed by atoms with E-state index < -0.39 is 17.8 Å². The Kier molecular flexibility index (Phi) is 7.76. The van der Waals surface area contributed by atoms with Gasteiger partial charge in [-0.25, -0.2) is 4.98 Å². The van der Waals surface area contributed by atoms with E-state index in [1.165, 1.54) is 0 Å². The van der Waals surface area contributed by atoms with Crippen LogP contribution in [0.1, 0.15) is 36.9 Å². The first-order valence-corrected chi connectivity index (χ1v) is 12.1. The Hall–Kier alpha value is -1.81. The third-order valence-corrected chi connectivity index (χ3v) is 7.24. The van der Waals surface area contributed by atoms with Gasteiger partial charge >= 0.3 is 6.18 Å². The average Bonchev–Trinajstić information content (AvgIpc) is 2.72. The van der Waals surface area contributed by atoms with Gasteiger partial charge in [-0.15, -0.1) is 0 Å². The molecule has 2 atom stereocenters. The Morgan fingerprint density at radius 2 is 1.97 bits per heavy atom. The molecule has 11 heteroatoms. The molecular weight excluding hydrogens is 490 g/mol. The molecule has 0 saturated carbocycles. The molecule has 2 aliphatic rings. The summed E-state index contributed by atoms with van der Waals surface area (Å²) in [6.45, 7) is 5.91. The van der Waals surface area contributed by atoms with Gasteiger partial charge in [0.15, 0.2) is 0 Å². The Balaban J connectivity index is 1.48. The molecule has 34 heavy (non-hydrogen) atoms. The van der Waals surface area contributed by atoms with Crippen LogP contribution in [-0.2, 0) is 6.18 Å². The van der Waals surface area contributed by atoms with Crippen LogP contribution in [0.25, 0.3) is 0 Å². The van der Waals surface area contributed by atoms with Gasteiger partial charge < -0.3 is 20.2 Å². The number of alkyl halides is 3. The molecule has 1 aromatic heterocycles. The monoisotopic (exact) mass is 517 g/mol. The first-order chi connectivity index (χ1) is 16.2. The van der Waals surface area contributed by atoms with Crippen LogP contribution in [0.4, 0.5) is 24.9 Å². The number of aliphatic hydroxyl groups is 1. The quantitative estimate of drug-likeness (QED) is 0.531. The third kappa shape index (κ3) is 5.70. The minimum atomic E-state index is -4.60. The second-order valence-corrected chi connectivity index (χ2v) is 9.90. The minimum absolute atomic E-state index is 0.151. The number of piperidine rings is 1. The van der Waals surface area contributed by atoms with Crippen LogP contribution >= 0.6 is 23.2 Å². The lowest BCUT2D eigenvalue weighted by Gasteiger charge is -2.46. The van der Waals surface area contributed by atoms with Crippen molar-refractivity contribution in [1.82, 2.24) is 14.9 Å². The summed E-state index contributed by atoms with van der Waals surface area (Å²) in [7, 11) is 0. The van der Waals surface area contributed by atoms with Crippen LogP contribution in [0.2, 0.25) is 10.0 Å². The third-order valence-electron chi connectivity index (χ3n) is 6.68. The Morgan fingerprint density at radius 3 is 2.65 bits per heavy atom. The molecule has 2 aliphatic heterocycles. The predicted molar refractivity (Wildman–Crippen MR) is 127 cm³/mol. The first kappa shape index (κ1) is 25.3. The highest BCUT2D eigenvalue weighted by Crippen LogP contribution is 2.38. The fraction of sp³-hybridized carbons (Fsp3) is 0.565. The zero-order valence-corrected chi connectivity index (χ0v) is 20.3. The van der Waals surface area contributed by atoms with E-state index in [1.807, 2.05) is 4.90 Å². The molecule has 1 aromatic carbocycles. The van der Waals surface area contributed by atoms with Gasteiger partial charge in [-0.1, -0.05) is 29.3 Å². The number of nitrogens with zero attached hydrogens (tertiary/aromatic N) is 4. The van der Waals surface area contributed by atoms with E-state index in [2.05, 4.69) is 20.2 Å². The van der Waals surface area contributed by atoms with E-state index in [-0.39, 0.29) is 18.4 Å². The summed E-state index contributed by atoms with van der Waals surface area (Å²) < 4.78 is 41.0. The molecule has 0 bridgehead atoms. The number of hydrogen-bond donors (Lipinski definition) is 2. The predicted octanol–water partition coefficient (Wildman–Crippen LogP) is 5.12. The summed E-state index contributed by atoms with van der Waals surface area (Å²) in [5.74, 6) is 0.960. The number of aromatic nitrogens is 2. The zero-order chi connectivity index (χ0) is 24.5. The summed E-state index contributed by atoms with van der Waals surface area (Å²) in [5, 5.41) is 12.9. The van der Waals surface area contributed by atoms with Crippen molar-refractivity contribution in [3.05, 3.63) is 45.6 Å². The Bertz CT molecular complexity index is 1000. The van der Waals surface area contributed by atoms with Gasteiger partial charge in [-0.05, 0) is 55.8 Å². The Labute approximate surface area is 207 Å². The maximum absolute atomic E-state index is 13.7. The molecule has 0 aliphatic carbocycles. The van der Waals surface area contributed by atoms with Gasteiger partial charge in [0.05, 0.1) is 12.6 Å². The lowest BCUT2D eigenvalue weighted by molar-refractivity contribution is -0.137. The molecule has 186 valence electrons. The number of halogens is 5. The number of aliphatic hydroxyl groups excluding tert-OH is 1. The Morgan fingerprint density at radius 1 is 1.21 bits per heavy atom. The van der Waals surface area contributed by atoms with E-state index in [9.17, 15) is 18.3 Å². The number of hydrogen-bond acceptors (Lipinski definition) is 6. The van der Waals surface area contributed by atoms with Crippen LogP contribution in [0.3, 0.4) is 0 Å². The molecule has 4 rings (SSSR count). The minimum Gasteiger partial charge on any atom is -0.395 e. The van der Waals surface area contributed by atoms with Crippen molar-refractivity contribution in [3.8, 4) is 0 Å². The molecule has 2 fully saturated rings. The van der Waals surface area contributed by atoms with Crippen LogP contribution in [0, 0.1) is 11.8 Å². The molecule has 0 radical (unpaired) electrons. The van der Waals surface area contributed by atoms with Crippen molar-refractivity contribution in [1.29, 1.82) is 0 Å². The molecule has 0 amide bonds. The summed E-state index contributed by atoms with van der Waals surface area (Å²) in [6, 6.07) is 4.35. The van der Waals surface area contributed by atoms with Crippen LogP contribution in [-0.4, -0.2) is 59.3 Å². The van der Waals surface area contributed by atoms with E-state index in [1.54, 1.807) is 25.1 Å². The fourth-order valence-corrected chi connectivity index (χ4v) is 5.34. The SMILES string of the molecule is C[C@@H](Nc1nc(N2CC(C3CCCN(CCO)C3)C2)ncc1C(F)(F)F)c1ccc(Cl)cc1Cl. The molecular formula is C23H28Cl2F3N5O. The van der Waals surface area contributed by atoms with Gasteiger partial charge in [-0.2, -0.15) is 18.2 Å². The highest BCUT2D eigenvalue weighted by molar-refractivity contribution is 6.35. The second-order valence-electron chi connectivity index (χ2n) is 9.05. The number of rotatable bonds is 7. The second kappa shape index (κ2) is 10.4. The van der Waals surface area contributed by atoms with E-state index in [0.29, 0.717) is 47.1 Å². The molecule has 2 saturated heterocycles. The van der Waals surface area contributed by atoms with E-state index in [4.69, 9.17) is 23.2 Å². The number of β-amino-alcohol motifs (C(OH)–C–C–N with tert-alkyl or cyclic N) is 1. The largest absolute Gasteiger partial charge is 0.421 e. The first-order valence-electron chi connectivity index (χ1n) is 11.4. The van der Waals surface area contributed by atoms with Crippen molar-refractivity contribution in [2.45, 2.75) is 32.0 Å². The van der Waals surface area contributed by atoms with Crippen LogP contribution in [0.15, 0.2) is 24.4 Å². The number of nitrogens with one attached hydrogen (secondary N) is 1. The molecule has 2 N–H and O–H groups in total. The average molecular weight is 518 g/mol. The molecule has 6 nitrogen and oxygen atoms in total. The highest BCUT2D eigenvalue weighted by Gasteiger charge is 2.39. The number of likely N-dealkylation sites (tertiary alicyclic amines) is 1. The lowest BCUT2D eigenvalue weighted by atomic mass is 9.81. The van der Waals surface area contributed by atoms with Gasteiger partial charge in [-0.3, -0.25) is 0 Å². The van der Waals surface area contributed by atoms with Crippen molar-refractivity contribution in [2.24, 2.45) is 11.8 Å². The fourth-order valence-electron chi connectivity index (χ4n) is 4.77. The molecule has 3 heterocycles. The summed E-state index contributed by atoms with van der Waals surface area (Å²) in [6.07, 6.45) is -1.53. The van der Waals surface area contributed by atoms with Crippen LogP contribution < -0.4 is 10.2 Å². The zero-order valence-electron chi connectivity index (χ0n) is 18.8. The van der Waals surface area contributed by atoms with Crippen molar-refractivity contribution in [3.63, 3.8) is 0 Å². The van der Waals surface area contributed by atoms with Crippen molar-refractivity contribution in [2.75, 3.05) is 49.5 Å². The lowest BCUT2D eigenvalue weighted by Crippen LogP contribution is -2.54. The summed E-state index contributed by atoms with van der Waals surface area (Å²) in [5.41, 5.74) is -0.301. The van der Waals surface area contributed by atoms with Gasteiger partial charge in [0, 0.05) is 42.4 Å². The number of benzene rings is 1. The van der Waals surface area contributed by atoms with Gasteiger partial charge in [0.1, 0.15) is 11.4 Å². The van der Waals surface area contributed by atoms with E-state index in [0.717, 1.165) is 32.1 Å². The topological polar surface area (TPSA) is 64.5 Å². The maximum atomic E-state index is 13.7. The maximum Gasteiger partial charge on any atom is 0.421 e. The molecule has 2 aromatic rings. The standard InChI is InChI=1S/C23H28Cl2F3N5O/c1-14(18-5-4-17(24)9-20(18)25)30-21-19(23(26,27)28)10-29-22(31-21)33-12-16(13-33)15-3-2-6-32(11-15)7-8-34/h4-5,9-10,14-16,34H,2-3,6-8,11-13H2,1H3,(H,29,30,31)/t14-,15?/m1/s1. The van der Waals surface area contributed by atoms with Crippen molar-refractivity contribution < 1.29 is 18.3 Å². The number of anilines is 2. The molecule has 1 unspecified atom stereocenters. The van der Waals surface area contributed by atoms with E-state index >= 15 is 0 Å². The molecule has 0 spiro atoms.